The molecule has 0 radical (unpaired) electrons. The molecule has 3 aliphatic rings. The molecule has 2 aromatic rings. The molecule has 4 heterocycles. The molecule has 1 N–H and O–H groups in total. The Balaban J connectivity index is 1.47. The Hall–Kier alpha value is -2.35. The maximum absolute atomic E-state index is 12.4. The predicted molar refractivity (Wildman–Crippen MR) is 95.3 cm³/mol. The van der Waals surface area contributed by atoms with Crippen LogP contribution < -0.4 is 10.1 Å². The lowest BCUT2D eigenvalue weighted by atomic mass is 9.79. The van der Waals surface area contributed by atoms with Crippen LogP contribution >= 0.6 is 0 Å². The predicted octanol–water partition coefficient (Wildman–Crippen LogP) is 3.94. The molecule has 0 unspecified atom stereocenters. The van der Waals surface area contributed by atoms with Crippen LogP contribution in [0.25, 0.3) is 11.1 Å². The lowest BCUT2D eigenvalue weighted by Gasteiger charge is -2.49. The summed E-state index contributed by atoms with van der Waals surface area (Å²) in [5.41, 5.74) is 1.20. The van der Waals surface area contributed by atoms with Crippen molar-refractivity contribution in [2.75, 3.05) is 18.4 Å². The lowest BCUT2D eigenvalue weighted by Crippen LogP contribution is -2.59. The second kappa shape index (κ2) is 6.99. The summed E-state index contributed by atoms with van der Waals surface area (Å²) < 4.78 is 41.1. The zero-order chi connectivity index (χ0) is 19.0. The highest BCUT2D eigenvalue weighted by molar-refractivity contribution is 5.63. The summed E-state index contributed by atoms with van der Waals surface area (Å²) in [6, 6.07) is 6.57. The van der Waals surface area contributed by atoms with Crippen LogP contribution in [0.2, 0.25) is 0 Å². The number of aromatic nitrogens is 2. The van der Waals surface area contributed by atoms with Gasteiger partial charge in [-0.1, -0.05) is 12.1 Å². The Morgan fingerprint density at radius 3 is 2.44 bits per heavy atom. The summed E-state index contributed by atoms with van der Waals surface area (Å²) in [5, 5.41) is 3.45. The van der Waals surface area contributed by atoms with E-state index in [1.165, 1.54) is 31.0 Å². The van der Waals surface area contributed by atoms with Gasteiger partial charge in [0.2, 0.25) is 5.95 Å². The van der Waals surface area contributed by atoms with Crippen LogP contribution in [-0.2, 0) is 0 Å². The van der Waals surface area contributed by atoms with Gasteiger partial charge in [-0.05, 0) is 56.5 Å². The molecule has 8 heteroatoms. The molecule has 2 bridgehead atoms. The van der Waals surface area contributed by atoms with Crippen LogP contribution in [0.15, 0.2) is 36.7 Å². The highest BCUT2D eigenvalue weighted by Gasteiger charge is 2.40. The number of hydrogen-bond acceptors (Lipinski definition) is 5. The van der Waals surface area contributed by atoms with Crippen molar-refractivity contribution in [1.29, 1.82) is 0 Å². The fraction of sp³-hybridized carbons (Fsp3) is 0.474. The number of nitrogens with zero attached hydrogens (tertiary/aromatic N) is 3. The zero-order valence-electron chi connectivity index (χ0n) is 14.9. The minimum atomic E-state index is -4.71. The van der Waals surface area contributed by atoms with E-state index in [1.54, 1.807) is 18.5 Å². The first-order valence-electron chi connectivity index (χ1n) is 9.08. The van der Waals surface area contributed by atoms with Crippen LogP contribution in [0.1, 0.15) is 19.8 Å². The molecule has 1 aromatic heterocycles. The number of halogens is 3. The molecule has 3 aliphatic heterocycles. The van der Waals surface area contributed by atoms with E-state index in [1.807, 2.05) is 0 Å². The van der Waals surface area contributed by atoms with E-state index in [0.29, 0.717) is 35.1 Å². The Kier molecular flexibility index (Phi) is 4.67. The first-order valence-corrected chi connectivity index (χ1v) is 9.08. The highest BCUT2D eigenvalue weighted by Crippen LogP contribution is 2.34. The molecule has 0 spiro atoms. The normalized spacial score (nSPS) is 27.4. The molecule has 1 aromatic carbocycles. The second-order valence-electron chi connectivity index (χ2n) is 7.16. The summed E-state index contributed by atoms with van der Waals surface area (Å²) in [5.74, 6) is 0.917. The first kappa shape index (κ1) is 18.0. The van der Waals surface area contributed by atoms with Crippen molar-refractivity contribution >= 4 is 5.95 Å². The van der Waals surface area contributed by atoms with Gasteiger partial charge < -0.3 is 10.1 Å². The van der Waals surface area contributed by atoms with E-state index >= 15 is 0 Å². The molecule has 5 nitrogen and oxygen atoms in total. The van der Waals surface area contributed by atoms with Gasteiger partial charge in [0, 0.05) is 30.0 Å². The van der Waals surface area contributed by atoms with E-state index in [9.17, 15) is 13.2 Å². The van der Waals surface area contributed by atoms with Crippen molar-refractivity contribution in [3.63, 3.8) is 0 Å². The van der Waals surface area contributed by atoms with Gasteiger partial charge in [-0.3, -0.25) is 4.90 Å². The van der Waals surface area contributed by atoms with Crippen LogP contribution in [0.4, 0.5) is 19.1 Å². The second-order valence-corrected chi connectivity index (χ2v) is 7.16. The quantitative estimate of drug-likeness (QED) is 0.874. The van der Waals surface area contributed by atoms with Crippen molar-refractivity contribution in [3.8, 4) is 16.9 Å². The molecule has 3 saturated heterocycles. The van der Waals surface area contributed by atoms with Crippen molar-refractivity contribution in [3.05, 3.63) is 36.7 Å². The smallest absolute Gasteiger partial charge is 0.406 e. The number of piperidine rings is 3. The maximum atomic E-state index is 12.4. The average molecular weight is 378 g/mol. The molecule has 27 heavy (non-hydrogen) atoms. The van der Waals surface area contributed by atoms with Crippen LogP contribution in [0.3, 0.4) is 0 Å². The monoisotopic (exact) mass is 378 g/mol. The molecular formula is C19H21F3N4O. The topological polar surface area (TPSA) is 50.3 Å². The molecule has 2 atom stereocenters. The third kappa shape index (κ3) is 4.00. The van der Waals surface area contributed by atoms with Crippen LogP contribution in [0, 0.1) is 5.92 Å². The number of alkyl halides is 3. The van der Waals surface area contributed by atoms with E-state index < -0.39 is 6.36 Å². The minimum Gasteiger partial charge on any atom is -0.406 e. The number of fused-ring (bicyclic) bond motifs is 3. The van der Waals surface area contributed by atoms with Crippen molar-refractivity contribution < 1.29 is 17.9 Å². The Morgan fingerprint density at radius 2 is 1.81 bits per heavy atom. The first-order chi connectivity index (χ1) is 12.9. The highest BCUT2D eigenvalue weighted by atomic mass is 19.4. The SMILES string of the molecule is C[C@@H]1[C@H](Nc2ncc(-c3cccc(OC(F)(F)F)c3)cn2)C2CCN1CC2. The largest absolute Gasteiger partial charge is 0.573 e. The molecule has 144 valence electrons. The van der Waals surface area contributed by atoms with Gasteiger partial charge in [-0.2, -0.15) is 0 Å². The van der Waals surface area contributed by atoms with Gasteiger partial charge in [0.1, 0.15) is 5.75 Å². The number of benzene rings is 1. The minimum absolute atomic E-state index is 0.261. The van der Waals surface area contributed by atoms with Gasteiger partial charge >= 0.3 is 6.36 Å². The van der Waals surface area contributed by atoms with Gasteiger partial charge in [0.25, 0.3) is 0 Å². The van der Waals surface area contributed by atoms with Crippen molar-refractivity contribution in [1.82, 2.24) is 14.9 Å². The zero-order valence-corrected chi connectivity index (χ0v) is 14.9. The maximum Gasteiger partial charge on any atom is 0.573 e. The average Bonchev–Trinajstić information content (AvgIpc) is 2.64. The summed E-state index contributed by atoms with van der Waals surface area (Å²) in [4.78, 5) is 11.2. The fourth-order valence-corrected chi connectivity index (χ4v) is 4.12. The summed E-state index contributed by atoms with van der Waals surface area (Å²) in [6.07, 6.45) is 0.898. The molecular weight excluding hydrogens is 357 g/mol. The van der Waals surface area contributed by atoms with E-state index in [0.717, 1.165) is 13.1 Å². The van der Waals surface area contributed by atoms with E-state index in [2.05, 4.69) is 31.8 Å². The third-order valence-electron chi connectivity index (χ3n) is 5.53. The van der Waals surface area contributed by atoms with Gasteiger partial charge in [0.05, 0.1) is 0 Å². The Labute approximate surface area is 155 Å². The summed E-state index contributed by atoms with van der Waals surface area (Å²) in [6.45, 7) is 4.53. The van der Waals surface area contributed by atoms with Crippen molar-refractivity contribution in [2.24, 2.45) is 5.92 Å². The van der Waals surface area contributed by atoms with E-state index in [4.69, 9.17) is 0 Å². The number of anilines is 1. The molecule has 0 amide bonds. The number of nitrogens with one attached hydrogen (secondary N) is 1. The number of hydrogen-bond donors (Lipinski definition) is 1. The standard InChI is InChI=1S/C19H21F3N4O/c1-12-17(13-5-7-26(12)8-6-13)25-18-23-10-15(11-24-18)14-3-2-4-16(9-14)27-19(20,21)22/h2-4,9-13,17H,5-8H2,1H3,(H,23,24,25)/t12-,17+/m1/s1. The summed E-state index contributed by atoms with van der Waals surface area (Å²) in [7, 11) is 0. The van der Waals surface area contributed by atoms with Crippen molar-refractivity contribution in [2.45, 2.75) is 38.2 Å². The van der Waals surface area contributed by atoms with Crippen LogP contribution in [-0.4, -0.2) is 46.4 Å². The molecule has 0 aliphatic carbocycles. The van der Waals surface area contributed by atoms with E-state index in [-0.39, 0.29) is 5.75 Å². The van der Waals surface area contributed by atoms with Gasteiger partial charge in [-0.25, -0.2) is 9.97 Å². The molecule has 3 fully saturated rings. The fourth-order valence-electron chi connectivity index (χ4n) is 4.12. The number of ether oxygens (including phenoxy) is 1. The Morgan fingerprint density at radius 1 is 1.11 bits per heavy atom. The Bertz CT molecular complexity index is 786. The third-order valence-corrected chi connectivity index (χ3v) is 5.53. The van der Waals surface area contributed by atoms with Gasteiger partial charge in [-0.15, -0.1) is 13.2 Å². The summed E-state index contributed by atoms with van der Waals surface area (Å²) >= 11 is 0. The molecule has 0 saturated carbocycles. The number of rotatable bonds is 4. The van der Waals surface area contributed by atoms with Crippen LogP contribution in [0.5, 0.6) is 5.75 Å². The lowest BCUT2D eigenvalue weighted by molar-refractivity contribution is -0.274. The molecule has 5 rings (SSSR count). The van der Waals surface area contributed by atoms with Gasteiger partial charge in [0.15, 0.2) is 0 Å².